The lowest BCUT2D eigenvalue weighted by molar-refractivity contribution is 0.0970. The van der Waals surface area contributed by atoms with Gasteiger partial charge >= 0.3 is 0 Å². The van der Waals surface area contributed by atoms with E-state index in [2.05, 4.69) is 17.1 Å². The predicted octanol–water partition coefficient (Wildman–Crippen LogP) is 4.88. The number of rotatable bonds is 6. The molecule has 7 nitrogen and oxygen atoms in total. The van der Waals surface area contributed by atoms with Crippen molar-refractivity contribution in [1.29, 1.82) is 0 Å². The number of aryl methyl sites for hydroxylation is 1. The first-order valence-electron chi connectivity index (χ1n) is 10.5. The number of hydrogen-bond acceptors (Lipinski definition) is 7. The highest BCUT2D eigenvalue weighted by Gasteiger charge is 2.45. The predicted molar refractivity (Wildman–Crippen MR) is 123 cm³/mol. The summed E-state index contributed by atoms with van der Waals surface area (Å²) in [6.45, 7) is 4.53. The zero-order chi connectivity index (χ0) is 22.2. The molecular formula is C24H21N3O4S. The molecule has 4 aromatic rings. The van der Waals surface area contributed by atoms with Crippen LogP contribution in [0.1, 0.15) is 52.5 Å². The topological polar surface area (TPSA) is 85.5 Å². The Hall–Kier alpha value is -3.52. The van der Waals surface area contributed by atoms with Crippen LogP contribution in [0.4, 0.5) is 5.13 Å². The molecule has 162 valence electrons. The Bertz CT molecular complexity index is 1380. The summed E-state index contributed by atoms with van der Waals surface area (Å²) < 4.78 is 11.8. The minimum absolute atomic E-state index is 0.0452. The fraction of sp³-hybridized carbons (Fsp3) is 0.250. The van der Waals surface area contributed by atoms with Crippen molar-refractivity contribution in [3.8, 4) is 5.75 Å². The van der Waals surface area contributed by atoms with Gasteiger partial charge in [-0.3, -0.25) is 14.5 Å². The molecule has 1 amide bonds. The lowest BCUT2D eigenvalue weighted by Crippen LogP contribution is -2.29. The van der Waals surface area contributed by atoms with Crippen molar-refractivity contribution in [1.82, 2.24) is 10.2 Å². The van der Waals surface area contributed by atoms with Crippen LogP contribution in [-0.4, -0.2) is 22.7 Å². The van der Waals surface area contributed by atoms with Crippen LogP contribution in [0.3, 0.4) is 0 Å². The van der Waals surface area contributed by atoms with Crippen molar-refractivity contribution < 1.29 is 13.9 Å². The standard InChI is InChI=1S/C24H21N3O4S/c1-3-4-12-30-16-9-7-8-15(13-16)20-19-21(28)17-10-5-6-11-18(17)31-22(19)23(29)27(20)24-26-25-14(2)32-24/h5-11,13,20H,3-4,12H2,1-2H3/t20-/m0/s1. The second-order valence-corrected chi connectivity index (χ2v) is 8.79. The Morgan fingerprint density at radius 1 is 1.12 bits per heavy atom. The van der Waals surface area contributed by atoms with Crippen LogP contribution < -0.4 is 15.1 Å². The maximum Gasteiger partial charge on any atom is 0.297 e. The number of hydrogen-bond donors (Lipinski definition) is 0. The summed E-state index contributed by atoms with van der Waals surface area (Å²) in [4.78, 5) is 28.5. The Morgan fingerprint density at radius 2 is 1.97 bits per heavy atom. The number of amides is 1. The Balaban J connectivity index is 1.70. The molecule has 0 unspecified atom stereocenters. The van der Waals surface area contributed by atoms with E-state index in [9.17, 15) is 9.59 Å². The zero-order valence-corrected chi connectivity index (χ0v) is 18.5. The quantitative estimate of drug-likeness (QED) is 0.392. The number of unbranched alkanes of at least 4 members (excludes halogenated alkanes) is 1. The van der Waals surface area contributed by atoms with E-state index < -0.39 is 11.9 Å². The molecule has 1 aliphatic rings. The van der Waals surface area contributed by atoms with Gasteiger partial charge in [0.05, 0.1) is 23.6 Å². The van der Waals surface area contributed by atoms with Gasteiger partial charge < -0.3 is 9.15 Å². The molecule has 0 saturated carbocycles. The number of carbonyl (C=O) groups is 1. The first-order valence-corrected chi connectivity index (χ1v) is 11.3. The zero-order valence-electron chi connectivity index (χ0n) is 17.7. The van der Waals surface area contributed by atoms with Crippen LogP contribution in [-0.2, 0) is 0 Å². The van der Waals surface area contributed by atoms with Crippen LogP contribution in [0, 0.1) is 6.92 Å². The van der Waals surface area contributed by atoms with Crippen molar-refractivity contribution in [3.05, 3.63) is 80.6 Å². The molecule has 32 heavy (non-hydrogen) atoms. The third kappa shape index (κ3) is 3.36. The smallest absolute Gasteiger partial charge is 0.297 e. The number of benzene rings is 2. The second-order valence-electron chi connectivity index (χ2n) is 7.63. The van der Waals surface area contributed by atoms with Crippen LogP contribution in [0.5, 0.6) is 5.75 Å². The number of nitrogens with zero attached hydrogens (tertiary/aromatic N) is 3. The number of para-hydroxylation sites is 1. The highest BCUT2D eigenvalue weighted by Crippen LogP contribution is 2.42. The van der Waals surface area contributed by atoms with Crippen LogP contribution in [0.25, 0.3) is 11.0 Å². The largest absolute Gasteiger partial charge is 0.494 e. The maximum atomic E-state index is 13.5. The minimum atomic E-state index is -0.680. The third-order valence-electron chi connectivity index (χ3n) is 5.44. The van der Waals surface area contributed by atoms with Gasteiger partial charge in [-0.2, -0.15) is 0 Å². The molecule has 0 radical (unpaired) electrons. The molecule has 3 heterocycles. The van der Waals surface area contributed by atoms with E-state index >= 15 is 0 Å². The van der Waals surface area contributed by atoms with Gasteiger partial charge in [0, 0.05) is 0 Å². The second kappa shape index (κ2) is 8.20. The molecule has 2 aromatic heterocycles. The molecule has 2 aromatic carbocycles. The van der Waals surface area contributed by atoms with Crippen LogP contribution in [0.2, 0.25) is 0 Å². The summed E-state index contributed by atoms with van der Waals surface area (Å²) in [5.74, 6) is 0.334. The fourth-order valence-corrected chi connectivity index (χ4v) is 4.64. The summed E-state index contributed by atoms with van der Waals surface area (Å²) in [5.41, 5.74) is 1.23. The monoisotopic (exact) mass is 447 g/mol. The molecule has 0 N–H and O–H groups in total. The average Bonchev–Trinajstić information content (AvgIpc) is 3.35. The molecule has 0 saturated heterocycles. The van der Waals surface area contributed by atoms with E-state index in [-0.39, 0.29) is 11.2 Å². The van der Waals surface area contributed by atoms with Gasteiger partial charge in [0.25, 0.3) is 5.91 Å². The Kier molecular flexibility index (Phi) is 5.22. The SMILES string of the molecule is CCCCOc1cccc([C@H]2c3c(oc4ccccc4c3=O)C(=O)N2c2nnc(C)s2)c1. The number of ether oxygens (including phenoxy) is 1. The highest BCUT2D eigenvalue weighted by molar-refractivity contribution is 7.15. The van der Waals surface area contributed by atoms with E-state index in [0.29, 0.717) is 34.0 Å². The normalized spacial score (nSPS) is 15.4. The lowest BCUT2D eigenvalue weighted by atomic mass is 9.98. The van der Waals surface area contributed by atoms with Crippen molar-refractivity contribution >= 4 is 33.3 Å². The number of anilines is 1. The van der Waals surface area contributed by atoms with Crippen LogP contribution >= 0.6 is 11.3 Å². The molecule has 8 heteroatoms. The number of carbonyl (C=O) groups excluding carboxylic acids is 1. The van der Waals surface area contributed by atoms with E-state index in [1.54, 1.807) is 24.3 Å². The Labute approximate surface area is 188 Å². The molecule has 0 bridgehead atoms. The molecule has 0 spiro atoms. The summed E-state index contributed by atoms with van der Waals surface area (Å²) in [6, 6.07) is 13.8. The summed E-state index contributed by atoms with van der Waals surface area (Å²) in [5, 5.41) is 9.85. The van der Waals surface area contributed by atoms with Gasteiger partial charge in [0.1, 0.15) is 16.3 Å². The van der Waals surface area contributed by atoms with Crippen molar-refractivity contribution in [2.45, 2.75) is 32.7 Å². The minimum Gasteiger partial charge on any atom is -0.494 e. The third-order valence-corrected chi connectivity index (χ3v) is 6.28. The molecular weight excluding hydrogens is 426 g/mol. The van der Waals surface area contributed by atoms with E-state index in [1.165, 1.54) is 16.2 Å². The van der Waals surface area contributed by atoms with Gasteiger partial charge in [0.15, 0.2) is 5.43 Å². The van der Waals surface area contributed by atoms with Gasteiger partial charge in [0.2, 0.25) is 10.9 Å². The first kappa shape index (κ1) is 20.4. The highest BCUT2D eigenvalue weighted by atomic mass is 32.1. The summed E-state index contributed by atoms with van der Waals surface area (Å²) in [7, 11) is 0. The van der Waals surface area contributed by atoms with Gasteiger partial charge in [-0.1, -0.05) is 48.9 Å². The van der Waals surface area contributed by atoms with Crippen molar-refractivity contribution in [2.24, 2.45) is 0 Å². The average molecular weight is 448 g/mol. The molecule has 1 atom stereocenters. The number of fused-ring (bicyclic) bond motifs is 2. The Morgan fingerprint density at radius 3 is 2.75 bits per heavy atom. The van der Waals surface area contributed by atoms with Gasteiger partial charge in [-0.05, 0) is 43.2 Å². The van der Waals surface area contributed by atoms with Crippen LogP contribution in [0.15, 0.2) is 57.7 Å². The molecule has 5 rings (SSSR count). The van der Waals surface area contributed by atoms with E-state index in [1.807, 2.05) is 31.2 Å². The van der Waals surface area contributed by atoms with Gasteiger partial charge in [-0.15, -0.1) is 10.2 Å². The van der Waals surface area contributed by atoms with E-state index in [0.717, 1.165) is 23.4 Å². The molecule has 0 aliphatic carbocycles. The lowest BCUT2D eigenvalue weighted by Gasteiger charge is -2.22. The van der Waals surface area contributed by atoms with Crippen molar-refractivity contribution in [2.75, 3.05) is 11.5 Å². The summed E-state index contributed by atoms with van der Waals surface area (Å²) in [6.07, 6.45) is 1.98. The number of aromatic nitrogens is 2. The summed E-state index contributed by atoms with van der Waals surface area (Å²) >= 11 is 1.30. The first-order chi connectivity index (χ1) is 15.6. The van der Waals surface area contributed by atoms with E-state index in [4.69, 9.17) is 9.15 Å². The maximum absolute atomic E-state index is 13.5. The molecule has 0 fully saturated rings. The van der Waals surface area contributed by atoms with Gasteiger partial charge in [-0.25, -0.2) is 0 Å². The fourth-order valence-electron chi connectivity index (χ4n) is 3.92. The van der Waals surface area contributed by atoms with Crippen molar-refractivity contribution in [3.63, 3.8) is 0 Å². The molecule has 1 aliphatic heterocycles.